The molecular weight excluding hydrogens is 601 g/mol. The molecule has 6 atom stereocenters. The summed E-state index contributed by atoms with van der Waals surface area (Å²) in [6.45, 7) is 6.05. The van der Waals surface area contributed by atoms with Crippen LogP contribution in [-0.2, 0) is 23.4 Å². The van der Waals surface area contributed by atoms with Crippen LogP contribution in [0, 0.1) is 6.92 Å². The number of hydrogen-bond donors (Lipinski definition) is 2. The topological polar surface area (TPSA) is 150 Å². The second-order valence-electron chi connectivity index (χ2n) is 11.6. The standard InChI is InChI=1S/C28H37F2N6O7P/c1-16(2)41-24(37)17(3)34-44(39,43-20-10-8-7-9-11-20)40-14-28(30)25(38)27(5,29)26(42-28)36-15-31-21-22(35(6)19-12-13-19)32-18(4)33-23(21)36/h7-11,15-17,19,25-26,38H,12-14H2,1-6H3,(H,34,39)/t17-,25-,26+,27+,28+,44+/m0/s1. The van der Waals surface area contributed by atoms with E-state index in [-0.39, 0.29) is 11.4 Å². The third kappa shape index (κ3) is 6.43. The van der Waals surface area contributed by atoms with Crippen molar-refractivity contribution in [2.75, 3.05) is 18.6 Å². The van der Waals surface area contributed by atoms with Crippen molar-refractivity contribution in [3.63, 3.8) is 0 Å². The van der Waals surface area contributed by atoms with Crippen LogP contribution in [-0.4, -0.2) is 80.1 Å². The van der Waals surface area contributed by atoms with Crippen molar-refractivity contribution in [3.8, 4) is 5.75 Å². The molecule has 44 heavy (non-hydrogen) atoms. The number of fused-ring (bicyclic) bond motifs is 1. The molecule has 2 aromatic heterocycles. The summed E-state index contributed by atoms with van der Waals surface area (Å²) < 4.78 is 69.2. The van der Waals surface area contributed by atoms with E-state index in [1.807, 2.05) is 11.9 Å². The van der Waals surface area contributed by atoms with E-state index >= 15 is 8.78 Å². The molecule has 2 N–H and O–H groups in total. The van der Waals surface area contributed by atoms with Gasteiger partial charge in [0.15, 0.2) is 35.0 Å². The van der Waals surface area contributed by atoms with Crippen molar-refractivity contribution < 1.29 is 41.8 Å². The summed E-state index contributed by atoms with van der Waals surface area (Å²) in [5.41, 5.74) is -2.18. The lowest BCUT2D eigenvalue weighted by Gasteiger charge is -2.28. The zero-order valence-corrected chi connectivity index (χ0v) is 26.2. The first-order chi connectivity index (χ1) is 20.6. The van der Waals surface area contributed by atoms with Crippen LogP contribution in [0.3, 0.4) is 0 Å². The van der Waals surface area contributed by atoms with Gasteiger partial charge >= 0.3 is 13.7 Å². The first kappa shape index (κ1) is 32.2. The first-order valence-electron chi connectivity index (χ1n) is 14.3. The Hall–Kier alpha value is -3.23. The van der Waals surface area contributed by atoms with E-state index in [0.717, 1.165) is 19.8 Å². The minimum Gasteiger partial charge on any atom is -0.462 e. The average molecular weight is 639 g/mol. The average Bonchev–Trinajstić information content (AvgIpc) is 3.70. The van der Waals surface area contributed by atoms with Gasteiger partial charge in [-0.15, -0.1) is 0 Å². The van der Waals surface area contributed by atoms with Crippen LogP contribution in [0.15, 0.2) is 36.7 Å². The van der Waals surface area contributed by atoms with Gasteiger partial charge in [0.1, 0.15) is 24.2 Å². The number of aliphatic hydroxyl groups is 1. The second-order valence-corrected chi connectivity index (χ2v) is 13.3. The van der Waals surface area contributed by atoms with E-state index in [1.165, 1.54) is 30.0 Å². The van der Waals surface area contributed by atoms with Gasteiger partial charge in [0.2, 0.25) is 0 Å². The fourth-order valence-electron chi connectivity index (χ4n) is 4.93. The normalized spacial score (nSPS) is 27.3. The summed E-state index contributed by atoms with van der Waals surface area (Å²) in [6.07, 6.45) is -1.36. The summed E-state index contributed by atoms with van der Waals surface area (Å²) in [5, 5.41) is 13.3. The van der Waals surface area contributed by atoms with E-state index in [2.05, 4.69) is 20.0 Å². The molecule has 5 rings (SSSR count). The van der Waals surface area contributed by atoms with Crippen molar-refractivity contribution in [2.45, 2.75) is 89.5 Å². The number of imidazole rings is 1. The van der Waals surface area contributed by atoms with E-state index in [9.17, 15) is 14.5 Å². The summed E-state index contributed by atoms with van der Waals surface area (Å²) in [6, 6.07) is 6.92. The highest BCUT2D eigenvalue weighted by Crippen LogP contribution is 2.52. The Morgan fingerprint density at radius 1 is 1.25 bits per heavy atom. The highest BCUT2D eigenvalue weighted by atomic mass is 31.2. The number of carbonyl (C=O) groups excluding carboxylic acids is 1. The molecular formula is C28H37F2N6O7P. The monoisotopic (exact) mass is 638 g/mol. The molecule has 16 heteroatoms. The lowest BCUT2D eigenvalue weighted by Crippen LogP contribution is -2.47. The van der Waals surface area contributed by atoms with Gasteiger partial charge in [0.05, 0.1) is 12.4 Å². The van der Waals surface area contributed by atoms with Gasteiger partial charge in [-0.2, -0.15) is 5.09 Å². The molecule has 2 aliphatic rings. The lowest BCUT2D eigenvalue weighted by atomic mass is 9.97. The van der Waals surface area contributed by atoms with Gasteiger partial charge in [-0.25, -0.2) is 28.3 Å². The fourth-order valence-corrected chi connectivity index (χ4v) is 6.44. The second kappa shape index (κ2) is 11.9. The van der Waals surface area contributed by atoms with E-state index < -0.39 is 56.3 Å². The molecule has 1 saturated heterocycles. The molecule has 1 saturated carbocycles. The number of benzene rings is 1. The summed E-state index contributed by atoms with van der Waals surface area (Å²) in [7, 11) is -2.68. The fraction of sp³-hybridized carbons (Fsp3) is 0.571. The Morgan fingerprint density at radius 2 is 1.93 bits per heavy atom. The Balaban J connectivity index is 1.41. The number of nitrogens with one attached hydrogen (secondary N) is 1. The highest BCUT2D eigenvalue weighted by molar-refractivity contribution is 7.52. The quantitative estimate of drug-likeness (QED) is 0.217. The van der Waals surface area contributed by atoms with Crippen LogP contribution in [0.2, 0.25) is 0 Å². The number of nitrogens with zero attached hydrogens (tertiary/aromatic N) is 5. The van der Waals surface area contributed by atoms with E-state index in [1.54, 1.807) is 39.0 Å². The molecule has 1 aliphatic carbocycles. The maximum atomic E-state index is 16.4. The molecule has 240 valence electrons. The van der Waals surface area contributed by atoms with E-state index in [0.29, 0.717) is 23.2 Å². The van der Waals surface area contributed by atoms with Crippen LogP contribution in [0.1, 0.15) is 52.6 Å². The number of aliphatic hydroxyl groups excluding tert-OH is 1. The SMILES string of the molecule is Cc1nc(N(C)C2CC2)c2ncn([C@@H]3O[C@](F)(CO[P@](=O)(N[C@@H](C)C(=O)OC(C)C)Oc4ccccc4)[C@@H](O)[C@@]3(C)F)c2n1. The number of hydrogen-bond acceptors (Lipinski definition) is 11. The molecule has 2 fully saturated rings. The highest BCUT2D eigenvalue weighted by Gasteiger charge is 2.65. The number of carbonyl (C=O) groups is 1. The molecule has 3 aromatic rings. The first-order valence-corrected chi connectivity index (χ1v) is 15.8. The van der Waals surface area contributed by atoms with Crippen molar-refractivity contribution in [2.24, 2.45) is 0 Å². The van der Waals surface area contributed by atoms with Crippen molar-refractivity contribution in [1.82, 2.24) is 24.6 Å². The predicted molar refractivity (Wildman–Crippen MR) is 155 cm³/mol. The Bertz CT molecular complexity index is 1560. The minimum atomic E-state index is -4.55. The number of halogens is 2. The van der Waals surface area contributed by atoms with E-state index in [4.69, 9.17) is 18.5 Å². The molecule has 0 radical (unpaired) electrons. The number of anilines is 1. The molecule has 3 heterocycles. The number of esters is 1. The number of alkyl halides is 2. The molecule has 13 nitrogen and oxygen atoms in total. The van der Waals surface area contributed by atoms with Gasteiger partial charge in [-0.05, 0) is 59.6 Å². The molecule has 0 unspecified atom stereocenters. The maximum Gasteiger partial charge on any atom is 0.459 e. The molecule has 0 bridgehead atoms. The predicted octanol–water partition coefficient (Wildman–Crippen LogP) is 4.15. The number of ether oxygens (including phenoxy) is 2. The number of para-hydroxylation sites is 1. The van der Waals surface area contributed by atoms with Crippen LogP contribution in [0.4, 0.5) is 14.6 Å². The van der Waals surface area contributed by atoms with Crippen molar-refractivity contribution in [1.29, 1.82) is 0 Å². The smallest absolute Gasteiger partial charge is 0.459 e. The van der Waals surface area contributed by atoms with Crippen molar-refractivity contribution >= 4 is 30.7 Å². The van der Waals surface area contributed by atoms with Gasteiger partial charge in [-0.1, -0.05) is 18.2 Å². The van der Waals surface area contributed by atoms with Crippen LogP contribution in [0.5, 0.6) is 5.75 Å². The molecule has 0 amide bonds. The molecule has 0 spiro atoms. The summed E-state index contributed by atoms with van der Waals surface area (Å²) in [5.74, 6) is -2.98. The Morgan fingerprint density at radius 3 is 2.57 bits per heavy atom. The summed E-state index contributed by atoms with van der Waals surface area (Å²) >= 11 is 0. The van der Waals surface area contributed by atoms with Crippen LogP contribution in [0.25, 0.3) is 11.2 Å². The zero-order valence-electron chi connectivity index (χ0n) is 25.3. The largest absolute Gasteiger partial charge is 0.462 e. The Labute approximate surface area is 253 Å². The third-order valence-electron chi connectivity index (χ3n) is 7.39. The maximum absolute atomic E-state index is 16.4. The number of aromatic nitrogens is 4. The van der Waals surface area contributed by atoms with Gasteiger partial charge < -0.3 is 24.0 Å². The van der Waals surface area contributed by atoms with Gasteiger partial charge in [0, 0.05) is 13.1 Å². The molecule has 1 aromatic carbocycles. The van der Waals surface area contributed by atoms with Gasteiger partial charge in [-0.3, -0.25) is 13.9 Å². The minimum absolute atomic E-state index is 0.0775. The van der Waals surface area contributed by atoms with Crippen molar-refractivity contribution in [3.05, 3.63) is 42.5 Å². The Kier molecular flexibility index (Phi) is 8.73. The van der Waals surface area contributed by atoms with Crippen LogP contribution >= 0.6 is 7.75 Å². The number of aryl methyl sites for hydroxylation is 1. The van der Waals surface area contributed by atoms with Gasteiger partial charge in [0.25, 0.3) is 5.85 Å². The van der Waals surface area contributed by atoms with Crippen LogP contribution < -0.4 is 14.5 Å². The molecule has 1 aliphatic heterocycles. The third-order valence-corrected chi connectivity index (χ3v) is 9.01. The summed E-state index contributed by atoms with van der Waals surface area (Å²) in [4.78, 5) is 27.7. The number of rotatable bonds is 12. The lowest BCUT2D eigenvalue weighted by molar-refractivity contribution is -0.202. The zero-order chi connectivity index (χ0) is 32.0.